The van der Waals surface area contributed by atoms with E-state index < -0.39 is 30.3 Å². The highest BCUT2D eigenvalue weighted by molar-refractivity contribution is 8.26. The van der Waals surface area contributed by atoms with Crippen molar-refractivity contribution < 1.29 is 29.7 Å². The molecule has 1 saturated heterocycles. The molecule has 1 aromatic carbocycles. The molecule has 1 heterocycles. The number of aromatic hydroxyl groups is 1. The molecule has 0 aliphatic carbocycles. The van der Waals surface area contributed by atoms with Gasteiger partial charge in [-0.3, -0.25) is 14.5 Å². The van der Waals surface area contributed by atoms with Gasteiger partial charge in [0.2, 0.25) is 0 Å². The third kappa shape index (κ3) is 5.46. The van der Waals surface area contributed by atoms with Crippen molar-refractivity contribution in [3.8, 4) is 5.75 Å². The fourth-order valence-electron chi connectivity index (χ4n) is 3.24. The molecule has 1 atom stereocenters. The van der Waals surface area contributed by atoms with Crippen LogP contribution < -0.4 is 0 Å². The summed E-state index contributed by atoms with van der Waals surface area (Å²) in [7, 11) is 0. The number of hydrogen-bond donors (Lipinski definition) is 3. The molecule has 0 saturated carbocycles. The van der Waals surface area contributed by atoms with E-state index >= 15 is 0 Å². The monoisotopic (exact) mass is 465 g/mol. The molecule has 2 rings (SSSR count). The van der Waals surface area contributed by atoms with Crippen molar-refractivity contribution in [2.45, 2.75) is 64.8 Å². The molecule has 1 fully saturated rings. The number of phenolic OH excluding ortho intramolecular Hbond substituents is 1. The van der Waals surface area contributed by atoms with Crippen molar-refractivity contribution in [1.82, 2.24) is 4.90 Å². The zero-order valence-corrected chi connectivity index (χ0v) is 20.0. The molecular weight excluding hydrogens is 438 g/mol. The van der Waals surface area contributed by atoms with E-state index in [0.717, 1.165) is 27.8 Å². The summed E-state index contributed by atoms with van der Waals surface area (Å²) < 4.78 is -0.00392. The molecule has 1 aliphatic rings. The molecule has 9 heteroatoms. The zero-order chi connectivity index (χ0) is 23.9. The minimum Gasteiger partial charge on any atom is -0.507 e. The Kier molecular flexibility index (Phi) is 6.92. The van der Waals surface area contributed by atoms with Crippen molar-refractivity contribution in [2.24, 2.45) is 0 Å². The van der Waals surface area contributed by atoms with E-state index in [-0.39, 0.29) is 25.8 Å². The standard InChI is InChI=1S/C22H27NO6S2/c1-21(2,3)12-7-11(8-13(17(12)26)22(4,5)6)9-15-18(27)23(20(30)31-15)14(19(28)29)10-16(24)25/h7-9,14,26H,10H2,1-6H3,(H,24,25)(H,28,29)/b15-9-. The van der Waals surface area contributed by atoms with Crippen LogP contribution in [0, 0.1) is 0 Å². The molecule has 1 aromatic rings. The normalized spacial score (nSPS) is 17.4. The fraction of sp³-hybridized carbons (Fsp3) is 0.455. The Labute approximate surface area is 191 Å². The van der Waals surface area contributed by atoms with Gasteiger partial charge in [-0.1, -0.05) is 65.5 Å². The number of thiocarbonyl (C=S) groups is 1. The molecule has 1 aliphatic heterocycles. The van der Waals surface area contributed by atoms with Gasteiger partial charge in [0, 0.05) is 11.1 Å². The van der Waals surface area contributed by atoms with Crippen LogP contribution in [-0.4, -0.2) is 48.4 Å². The highest BCUT2D eigenvalue weighted by atomic mass is 32.2. The van der Waals surface area contributed by atoms with Gasteiger partial charge in [-0.25, -0.2) is 4.79 Å². The third-order valence-electron chi connectivity index (χ3n) is 4.83. The average molecular weight is 466 g/mol. The number of carboxylic acids is 2. The maximum absolute atomic E-state index is 12.9. The summed E-state index contributed by atoms with van der Waals surface area (Å²) >= 11 is 6.11. The second-order valence-corrected chi connectivity index (χ2v) is 11.1. The summed E-state index contributed by atoms with van der Waals surface area (Å²) in [6.45, 7) is 11.8. The van der Waals surface area contributed by atoms with Crippen molar-refractivity contribution in [2.75, 3.05) is 0 Å². The van der Waals surface area contributed by atoms with Crippen LogP contribution in [0.5, 0.6) is 5.75 Å². The Bertz CT molecular complexity index is 950. The number of phenols is 1. The van der Waals surface area contributed by atoms with Crippen molar-refractivity contribution in [3.63, 3.8) is 0 Å². The van der Waals surface area contributed by atoms with Crippen LogP contribution >= 0.6 is 24.0 Å². The van der Waals surface area contributed by atoms with E-state index in [9.17, 15) is 24.6 Å². The lowest BCUT2D eigenvalue weighted by Gasteiger charge is -2.28. The highest BCUT2D eigenvalue weighted by Crippen LogP contribution is 2.41. The van der Waals surface area contributed by atoms with Gasteiger partial charge >= 0.3 is 11.9 Å². The first-order valence-corrected chi connectivity index (χ1v) is 10.9. The van der Waals surface area contributed by atoms with Crippen LogP contribution in [0.2, 0.25) is 0 Å². The predicted molar refractivity (Wildman–Crippen MR) is 124 cm³/mol. The lowest BCUT2D eigenvalue weighted by molar-refractivity contribution is -0.150. The van der Waals surface area contributed by atoms with Gasteiger partial charge in [-0.15, -0.1) is 0 Å². The minimum absolute atomic E-state index is 0.00392. The lowest BCUT2D eigenvalue weighted by Crippen LogP contribution is -2.45. The fourth-order valence-corrected chi connectivity index (χ4v) is 4.59. The van der Waals surface area contributed by atoms with Gasteiger partial charge in [-0.05, 0) is 34.6 Å². The summed E-state index contributed by atoms with van der Waals surface area (Å²) in [5, 5.41) is 29.3. The summed E-state index contributed by atoms with van der Waals surface area (Å²) in [4.78, 5) is 36.6. The lowest BCUT2D eigenvalue weighted by atomic mass is 9.78. The quantitative estimate of drug-likeness (QED) is 0.439. The van der Waals surface area contributed by atoms with Gasteiger partial charge in [0.25, 0.3) is 5.91 Å². The van der Waals surface area contributed by atoms with Gasteiger partial charge in [-0.2, -0.15) is 0 Å². The van der Waals surface area contributed by atoms with Crippen LogP contribution in [0.15, 0.2) is 17.0 Å². The number of aliphatic carboxylic acids is 2. The van der Waals surface area contributed by atoms with E-state index in [2.05, 4.69) is 0 Å². The molecule has 0 spiro atoms. The molecular formula is C22H27NO6S2. The third-order valence-corrected chi connectivity index (χ3v) is 6.16. The predicted octanol–water partition coefficient (Wildman–Crippen LogP) is 4.12. The van der Waals surface area contributed by atoms with Crippen LogP contribution in [0.1, 0.15) is 64.7 Å². The number of hydrogen-bond acceptors (Lipinski definition) is 6. The smallest absolute Gasteiger partial charge is 0.327 e. The molecule has 168 valence electrons. The Hall–Kier alpha value is -2.39. The minimum atomic E-state index is -1.58. The van der Waals surface area contributed by atoms with Gasteiger partial charge in [0.1, 0.15) is 16.1 Å². The molecule has 7 nitrogen and oxygen atoms in total. The van der Waals surface area contributed by atoms with E-state index in [1.54, 1.807) is 18.2 Å². The first kappa shape index (κ1) is 24.9. The maximum Gasteiger partial charge on any atom is 0.327 e. The van der Waals surface area contributed by atoms with Crippen molar-refractivity contribution in [3.05, 3.63) is 33.7 Å². The average Bonchev–Trinajstić information content (AvgIpc) is 2.85. The second kappa shape index (κ2) is 8.63. The topological polar surface area (TPSA) is 115 Å². The van der Waals surface area contributed by atoms with Crippen LogP contribution in [0.4, 0.5) is 0 Å². The Morgan fingerprint density at radius 3 is 1.97 bits per heavy atom. The van der Waals surface area contributed by atoms with Crippen molar-refractivity contribution >= 4 is 52.2 Å². The Morgan fingerprint density at radius 1 is 1.10 bits per heavy atom. The van der Waals surface area contributed by atoms with Crippen LogP contribution in [0.3, 0.4) is 0 Å². The molecule has 0 aromatic heterocycles. The van der Waals surface area contributed by atoms with E-state index in [0.29, 0.717) is 5.56 Å². The van der Waals surface area contributed by atoms with Crippen molar-refractivity contribution in [1.29, 1.82) is 0 Å². The SMILES string of the molecule is CC(C)(C)c1cc(/C=C2\SC(=S)N(C(CC(=O)O)C(=O)O)C2=O)cc(C(C)(C)C)c1O. The number of carbonyl (C=O) groups is 3. The summed E-state index contributed by atoms with van der Waals surface area (Å²) in [5.74, 6) is -3.22. The largest absolute Gasteiger partial charge is 0.507 e. The second-order valence-electron chi connectivity index (χ2n) is 9.47. The van der Waals surface area contributed by atoms with E-state index in [4.69, 9.17) is 17.3 Å². The Balaban J connectivity index is 2.57. The summed E-state index contributed by atoms with van der Waals surface area (Å²) in [6.07, 6.45) is 0.847. The van der Waals surface area contributed by atoms with Gasteiger partial charge < -0.3 is 15.3 Å². The summed E-state index contributed by atoms with van der Waals surface area (Å²) in [5.41, 5.74) is 1.39. The number of benzene rings is 1. The molecule has 1 unspecified atom stereocenters. The van der Waals surface area contributed by atoms with E-state index in [1.807, 2.05) is 41.5 Å². The first-order chi connectivity index (χ1) is 14.0. The molecule has 1 amide bonds. The van der Waals surface area contributed by atoms with Crippen LogP contribution in [-0.2, 0) is 25.2 Å². The molecule has 31 heavy (non-hydrogen) atoms. The maximum atomic E-state index is 12.9. The number of carbonyl (C=O) groups excluding carboxylic acids is 1. The number of rotatable bonds is 5. The number of carboxylic acid groups (broad SMARTS) is 2. The molecule has 0 bridgehead atoms. The number of amides is 1. The molecule has 0 radical (unpaired) electrons. The molecule has 3 N–H and O–H groups in total. The number of thioether (sulfide) groups is 1. The van der Waals surface area contributed by atoms with Crippen LogP contribution in [0.25, 0.3) is 6.08 Å². The highest BCUT2D eigenvalue weighted by Gasteiger charge is 2.41. The van der Waals surface area contributed by atoms with Gasteiger partial charge in [0.05, 0.1) is 11.3 Å². The first-order valence-electron chi connectivity index (χ1n) is 9.63. The van der Waals surface area contributed by atoms with E-state index in [1.165, 1.54) is 0 Å². The summed E-state index contributed by atoms with van der Waals surface area (Å²) in [6, 6.07) is 2.01. The Morgan fingerprint density at radius 2 is 1.58 bits per heavy atom. The zero-order valence-electron chi connectivity index (χ0n) is 18.3. The van der Waals surface area contributed by atoms with Gasteiger partial charge in [0.15, 0.2) is 0 Å². The number of nitrogens with zero attached hydrogens (tertiary/aromatic N) is 1.